The summed E-state index contributed by atoms with van der Waals surface area (Å²) < 4.78 is 1.80. The number of hydrogen-bond donors (Lipinski definition) is 0. The first-order valence-corrected chi connectivity index (χ1v) is 22.0. The van der Waals surface area contributed by atoms with E-state index in [0.29, 0.717) is 0 Å². The third kappa shape index (κ3) is 4.76. The number of benzene rings is 2. The summed E-state index contributed by atoms with van der Waals surface area (Å²) in [5.74, 6) is 0.859. The summed E-state index contributed by atoms with van der Waals surface area (Å²) in [5, 5.41) is 0. The quantitative estimate of drug-likeness (QED) is 0.169. The van der Waals surface area contributed by atoms with E-state index in [1.54, 1.807) is 4.57 Å². The summed E-state index contributed by atoms with van der Waals surface area (Å²) in [6.07, 6.45) is 0. The van der Waals surface area contributed by atoms with Gasteiger partial charge < -0.3 is 0 Å². The van der Waals surface area contributed by atoms with Gasteiger partial charge in [-0.3, -0.25) is 9.36 Å². The van der Waals surface area contributed by atoms with Crippen molar-refractivity contribution >= 4 is 76.9 Å². The van der Waals surface area contributed by atoms with Gasteiger partial charge in [0.25, 0.3) is 5.91 Å². The Hall–Kier alpha value is 0.354. The van der Waals surface area contributed by atoms with E-state index < -0.39 is 0 Å². The molecular weight excluding hydrogens is 740 g/mol. The number of carbonyl (C=O) groups excluding carboxylic acids is 1. The number of fused-ring (bicyclic) bond motifs is 5. The van der Waals surface area contributed by atoms with Crippen LogP contribution in [-0.4, -0.2) is 15.5 Å². The number of carbonyl (C=O) groups is 1. The van der Waals surface area contributed by atoms with Gasteiger partial charge in [0.05, 0.1) is 16.6 Å². The van der Waals surface area contributed by atoms with Crippen molar-refractivity contribution in [1.82, 2.24) is 9.55 Å². The van der Waals surface area contributed by atoms with Crippen molar-refractivity contribution in [2.45, 2.75) is 56.4 Å². The van der Waals surface area contributed by atoms with Crippen LogP contribution >= 0.6 is 59.9 Å². The molecule has 1 aliphatic rings. The average molecular weight is 768 g/mol. The average Bonchev–Trinajstić information content (AvgIpc) is 3.06. The van der Waals surface area contributed by atoms with Crippen LogP contribution in [0.3, 0.4) is 0 Å². The van der Waals surface area contributed by atoms with E-state index >= 15 is 0 Å². The van der Waals surface area contributed by atoms with Crippen molar-refractivity contribution in [3.8, 4) is 11.4 Å². The van der Waals surface area contributed by atoms with Crippen LogP contribution in [0.2, 0.25) is 0 Å². The fraction of sp³-hybridized carbons (Fsp3) is 0.364. The molecule has 0 saturated carbocycles. The Morgan fingerprint density at radius 2 is 1.24 bits per heavy atom. The van der Waals surface area contributed by atoms with Crippen LogP contribution in [0.15, 0.2) is 12.1 Å². The number of nitrogens with zero attached hydrogens (tertiary/aromatic N) is 2. The van der Waals surface area contributed by atoms with Gasteiger partial charge in [0.1, 0.15) is 5.82 Å². The molecule has 0 unspecified atom stereocenters. The molecule has 0 bridgehead atoms. The van der Waals surface area contributed by atoms with Crippen molar-refractivity contribution in [3.05, 3.63) is 51.1 Å². The summed E-state index contributed by atoms with van der Waals surface area (Å²) in [5.41, 5.74) is 10.7. The van der Waals surface area contributed by atoms with Crippen molar-refractivity contribution in [2.24, 2.45) is 0 Å². The maximum absolute atomic E-state index is 13.1. The van der Waals surface area contributed by atoms with Crippen molar-refractivity contribution in [2.75, 3.05) is 0 Å². The summed E-state index contributed by atoms with van der Waals surface area (Å²) in [6, 6.07) is 4.15. The molecule has 29 heavy (non-hydrogen) atoms. The van der Waals surface area contributed by atoms with Gasteiger partial charge in [-0.1, -0.05) is 14.9 Å². The van der Waals surface area contributed by atoms with E-state index in [0.717, 1.165) is 33.5 Å². The van der Waals surface area contributed by atoms with Crippen LogP contribution in [-0.2, 0) is 4.92 Å². The third-order valence-corrected chi connectivity index (χ3v) is 5.60. The molecule has 0 radical (unpaired) electrons. The molecule has 2 heterocycles. The van der Waals surface area contributed by atoms with Gasteiger partial charge in [0.2, 0.25) is 0 Å². The van der Waals surface area contributed by atoms with Crippen LogP contribution in [0.25, 0.3) is 22.4 Å². The molecule has 4 rings (SSSR count). The molecule has 0 N–H and O–H groups in total. The SMILES string of the molecule is C.C.Cc1cc2nc3n(c2cc1C)C(=O)c1c(C)c(C)c(C)c(C)c1-3.[I][V]([I])[I]. The Labute approximate surface area is 212 Å². The van der Waals surface area contributed by atoms with Crippen molar-refractivity contribution < 1.29 is 9.72 Å². The molecule has 0 fully saturated rings. The Morgan fingerprint density at radius 3 is 1.76 bits per heavy atom. The molecule has 158 valence electrons. The normalized spacial score (nSPS) is 11.4. The molecule has 3 aromatic rings. The van der Waals surface area contributed by atoms with Gasteiger partial charge in [0.15, 0.2) is 0 Å². The molecule has 1 aromatic heterocycles. The van der Waals surface area contributed by atoms with E-state index in [-0.39, 0.29) is 25.7 Å². The molecule has 0 saturated heterocycles. The third-order valence-electron chi connectivity index (χ3n) is 5.60. The van der Waals surface area contributed by atoms with Gasteiger partial charge in [-0.05, 0) is 87.1 Å². The first-order chi connectivity index (χ1) is 12.6. The number of aryl methyl sites for hydroxylation is 2. The topological polar surface area (TPSA) is 34.9 Å². The minimum atomic E-state index is -0.278. The van der Waals surface area contributed by atoms with Crippen LogP contribution in [0, 0.1) is 41.5 Å². The van der Waals surface area contributed by atoms with E-state index in [4.69, 9.17) is 4.98 Å². The molecule has 2 aromatic carbocycles. The number of imidazole rings is 1. The Morgan fingerprint density at radius 1 is 0.793 bits per heavy atom. The van der Waals surface area contributed by atoms with E-state index in [9.17, 15) is 4.79 Å². The molecule has 0 spiro atoms. The number of hydrogen-bond acceptors (Lipinski definition) is 2. The van der Waals surface area contributed by atoms with Gasteiger partial charge in [-0.2, -0.15) is 0 Å². The van der Waals surface area contributed by atoms with Crippen LogP contribution in [0.5, 0.6) is 0 Å². The zero-order valence-electron chi connectivity index (χ0n) is 16.0. The molecule has 1 aliphatic heterocycles. The molecular formula is C22H28I3N2OV. The monoisotopic (exact) mass is 768 g/mol. The second kappa shape index (κ2) is 10.3. The number of halogens is 3. The molecule has 0 aliphatic carbocycles. The summed E-state index contributed by atoms with van der Waals surface area (Å²) in [7, 11) is 0. The first-order valence-electron chi connectivity index (χ1n) is 8.48. The molecule has 3 nitrogen and oxygen atoms in total. The summed E-state index contributed by atoms with van der Waals surface area (Å²) >= 11 is 7.39. The van der Waals surface area contributed by atoms with Gasteiger partial charge in [-0.15, -0.1) is 0 Å². The fourth-order valence-corrected chi connectivity index (χ4v) is 3.68. The second-order valence-corrected chi connectivity index (χ2v) is 42.3. The molecule has 0 amide bonds. The number of rotatable bonds is 0. The summed E-state index contributed by atoms with van der Waals surface area (Å²) in [6.45, 7) is 12.5. The first kappa shape index (κ1) is 27.4. The van der Waals surface area contributed by atoms with Crippen molar-refractivity contribution in [3.63, 3.8) is 0 Å². The Balaban J connectivity index is 0.000000646. The minimum absolute atomic E-state index is 0. The van der Waals surface area contributed by atoms with Gasteiger partial charge >= 0.3 is 64.9 Å². The zero-order valence-corrected chi connectivity index (χ0v) is 23.9. The van der Waals surface area contributed by atoms with E-state index in [1.807, 2.05) is 6.92 Å². The Kier molecular flexibility index (Phi) is 9.74. The Bertz CT molecular complexity index is 1100. The zero-order chi connectivity index (χ0) is 20.2. The van der Waals surface area contributed by atoms with Gasteiger partial charge in [0, 0.05) is 5.56 Å². The predicted octanol–water partition coefficient (Wildman–Crippen LogP) is 8.48. The second-order valence-electron chi connectivity index (χ2n) is 6.94. The van der Waals surface area contributed by atoms with E-state index in [2.05, 4.69) is 107 Å². The summed E-state index contributed by atoms with van der Waals surface area (Å²) in [4.78, 5) is 17.6. The van der Waals surface area contributed by atoms with Crippen LogP contribution in [0.4, 0.5) is 0 Å². The molecule has 7 heteroatoms. The van der Waals surface area contributed by atoms with Gasteiger partial charge in [-0.25, -0.2) is 4.98 Å². The predicted molar refractivity (Wildman–Crippen MR) is 149 cm³/mol. The van der Waals surface area contributed by atoms with Crippen molar-refractivity contribution in [1.29, 1.82) is 0 Å². The standard InChI is InChI=1S/C20H20N2O.2CH4.3HI.V/c1-9-7-15-16(8-10(9)2)22-19(21-15)17-13(5)11(3)12(4)14(6)18(17)20(22)23;;;;;;/h7-8H,1-6H3;2*1H4;3*1H;/q;;;;;;+3/p-3. The maximum atomic E-state index is 13.1. The van der Waals surface area contributed by atoms with Crippen LogP contribution in [0.1, 0.15) is 58.6 Å². The van der Waals surface area contributed by atoms with E-state index in [1.165, 1.54) is 27.8 Å². The molecule has 0 atom stereocenters. The fourth-order valence-electron chi connectivity index (χ4n) is 3.68. The van der Waals surface area contributed by atoms with Crippen LogP contribution < -0.4 is 0 Å². The number of aromatic nitrogens is 2.